The SMILES string of the molecule is CN1CCCC1CCOc1ccc2ncc(-c3cc4ccccc4o3)n2n1. The smallest absolute Gasteiger partial charge is 0.231 e. The third kappa shape index (κ3) is 3.06. The van der Waals surface area contributed by atoms with Crippen molar-refractivity contribution < 1.29 is 9.15 Å². The summed E-state index contributed by atoms with van der Waals surface area (Å²) >= 11 is 0. The van der Waals surface area contributed by atoms with Crippen molar-refractivity contribution >= 4 is 16.6 Å². The summed E-state index contributed by atoms with van der Waals surface area (Å²) in [6.07, 6.45) is 5.35. The average Bonchev–Trinajstić information content (AvgIpc) is 3.39. The maximum absolute atomic E-state index is 5.97. The number of hydrogen-bond donors (Lipinski definition) is 0. The molecule has 1 fully saturated rings. The fraction of sp³-hybridized carbons (Fsp3) is 0.333. The zero-order valence-electron chi connectivity index (χ0n) is 15.3. The number of likely N-dealkylation sites (tertiary alicyclic amines) is 1. The van der Waals surface area contributed by atoms with Crippen LogP contribution >= 0.6 is 0 Å². The van der Waals surface area contributed by atoms with E-state index in [1.165, 1.54) is 19.4 Å². The van der Waals surface area contributed by atoms with Gasteiger partial charge in [-0.3, -0.25) is 0 Å². The second-order valence-corrected chi connectivity index (χ2v) is 7.15. The lowest BCUT2D eigenvalue weighted by Gasteiger charge is -2.18. The summed E-state index contributed by atoms with van der Waals surface area (Å²) in [5.74, 6) is 1.36. The summed E-state index contributed by atoms with van der Waals surface area (Å²) < 4.78 is 13.7. The van der Waals surface area contributed by atoms with E-state index in [1.807, 2.05) is 42.5 Å². The van der Waals surface area contributed by atoms with E-state index in [0.29, 0.717) is 18.5 Å². The molecule has 0 N–H and O–H groups in total. The molecule has 4 heterocycles. The van der Waals surface area contributed by atoms with E-state index < -0.39 is 0 Å². The lowest BCUT2D eigenvalue weighted by atomic mass is 10.1. The van der Waals surface area contributed by atoms with Crippen LogP contribution in [0.5, 0.6) is 5.88 Å². The van der Waals surface area contributed by atoms with Crippen molar-refractivity contribution in [3.63, 3.8) is 0 Å². The Morgan fingerprint density at radius 1 is 1.22 bits per heavy atom. The molecule has 0 radical (unpaired) electrons. The molecule has 1 aliphatic heterocycles. The Labute approximate surface area is 157 Å². The first kappa shape index (κ1) is 16.3. The van der Waals surface area contributed by atoms with Gasteiger partial charge in [0.1, 0.15) is 11.3 Å². The summed E-state index contributed by atoms with van der Waals surface area (Å²) in [6.45, 7) is 1.85. The summed E-state index contributed by atoms with van der Waals surface area (Å²) in [5, 5.41) is 5.69. The highest BCUT2D eigenvalue weighted by Gasteiger charge is 2.20. The van der Waals surface area contributed by atoms with Crippen LogP contribution in [0.25, 0.3) is 28.1 Å². The first-order chi connectivity index (χ1) is 13.3. The predicted octanol–water partition coefficient (Wildman–Crippen LogP) is 4.01. The van der Waals surface area contributed by atoms with Gasteiger partial charge in [0.05, 0.1) is 12.8 Å². The van der Waals surface area contributed by atoms with Crippen LogP contribution in [-0.4, -0.2) is 45.7 Å². The molecule has 6 nitrogen and oxygen atoms in total. The third-order valence-corrected chi connectivity index (χ3v) is 5.39. The Bertz CT molecular complexity index is 1050. The van der Waals surface area contributed by atoms with Crippen molar-refractivity contribution in [2.75, 3.05) is 20.2 Å². The Balaban J connectivity index is 1.39. The van der Waals surface area contributed by atoms with Gasteiger partial charge in [-0.25, -0.2) is 9.50 Å². The molecule has 138 valence electrons. The molecule has 1 aliphatic rings. The molecule has 3 aromatic heterocycles. The van der Waals surface area contributed by atoms with Crippen LogP contribution in [0.1, 0.15) is 19.3 Å². The number of benzene rings is 1. The summed E-state index contributed by atoms with van der Waals surface area (Å²) in [5.41, 5.74) is 2.45. The predicted molar refractivity (Wildman–Crippen MR) is 104 cm³/mol. The Kier molecular flexibility index (Phi) is 4.05. The molecule has 4 aromatic rings. The number of nitrogens with zero attached hydrogens (tertiary/aromatic N) is 4. The number of imidazole rings is 1. The topological polar surface area (TPSA) is 55.8 Å². The van der Waals surface area contributed by atoms with E-state index >= 15 is 0 Å². The minimum Gasteiger partial charge on any atom is -0.477 e. The van der Waals surface area contributed by atoms with Crippen LogP contribution in [0.3, 0.4) is 0 Å². The molecule has 1 unspecified atom stereocenters. The largest absolute Gasteiger partial charge is 0.477 e. The van der Waals surface area contributed by atoms with Gasteiger partial charge in [-0.05, 0) is 51.1 Å². The molecule has 1 saturated heterocycles. The highest BCUT2D eigenvalue weighted by atomic mass is 16.5. The fourth-order valence-electron chi connectivity index (χ4n) is 3.85. The van der Waals surface area contributed by atoms with E-state index in [0.717, 1.165) is 34.5 Å². The number of hydrogen-bond acceptors (Lipinski definition) is 5. The van der Waals surface area contributed by atoms with Crippen LogP contribution < -0.4 is 4.74 Å². The maximum atomic E-state index is 5.97. The van der Waals surface area contributed by atoms with Crippen LogP contribution in [0, 0.1) is 0 Å². The van der Waals surface area contributed by atoms with Gasteiger partial charge in [-0.15, -0.1) is 5.10 Å². The molecule has 0 spiro atoms. The van der Waals surface area contributed by atoms with Crippen molar-refractivity contribution in [3.8, 4) is 17.3 Å². The molecule has 27 heavy (non-hydrogen) atoms. The van der Waals surface area contributed by atoms with E-state index in [2.05, 4.69) is 22.0 Å². The third-order valence-electron chi connectivity index (χ3n) is 5.39. The molecular weight excluding hydrogens is 340 g/mol. The highest BCUT2D eigenvalue weighted by Crippen LogP contribution is 2.28. The van der Waals surface area contributed by atoms with Crippen molar-refractivity contribution in [3.05, 3.63) is 48.7 Å². The standard InChI is InChI=1S/C21H22N4O2/c1-24-11-4-6-16(24)10-12-26-21-9-8-20-22-14-17(25(20)23-21)19-13-15-5-2-3-7-18(15)27-19/h2-3,5,7-9,13-14,16H,4,6,10-12H2,1H3. The normalized spacial score (nSPS) is 17.9. The van der Waals surface area contributed by atoms with Crippen molar-refractivity contribution in [2.24, 2.45) is 0 Å². The Morgan fingerprint density at radius 2 is 2.15 bits per heavy atom. The summed E-state index contributed by atoms with van der Waals surface area (Å²) in [4.78, 5) is 6.85. The second kappa shape index (κ2) is 6.70. The Hall–Kier alpha value is -2.86. The van der Waals surface area contributed by atoms with Crippen molar-refractivity contribution in [1.29, 1.82) is 0 Å². The van der Waals surface area contributed by atoms with Gasteiger partial charge in [0, 0.05) is 17.5 Å². The second-order valence-electron chi connectivity index (χ2n) is 7.15. The van der Waals surface area contributed by atoms with Gasteiger partial charge >= 0.3 is 0 Å². The van der Waals surface area contributed by atoms with Gasteiger partial charge < -0.3 is 14.1 Å². The zero-order valence-corrected chi connectivity index (χ0v) is 15.3. The van der Waals surface area contributed by atoms with Crippen LogP contribution in [0.2, 0.25) is 0 Å². The molecule has 5 rings (SSSR count). The maximum Gasteiger partial charge on any atom is 0.231 e. The van der Waals surface area contributed by atoms with Gasteiger partial charge in [0.2, 0.25) is 5.88 Å². The van der Waals surface area contributed by atoms with E-state index in [9.17, 15) is 0 Å². The molecule has 0 amide bonds. The van der Waals surface area contributed by atoms with Crippen LogP contribution in [0.4, 0.5) is 0 Å². The van der Waals surface area contributed by atoms with Gasteiger partial charge in [-0.1, -0.05) is 18.2 Å². The van der Waals surface area contributed by atoms with Crippen molar-refractivity contribution in [1.82, 2.24) is 19.5 Å². The highest BCUT2D eigenvalue weighted by molar-refractivity contribution is 5.82. The minimum absolute atomic E-state index is 0.610. The average molecular weight is 362 g/mol. The van der Waals surface area contributed by atoms with Gasteiger partial charge in [0.25, 0.3) is 0 Å². The first-order valence-electron chi connectivity index (χ1n) is 9.45. The lowest BCUT2D eigenvalue weighted by Crippen LogP contribution is -2.26. The number of ether oxygens (including phenoxy) is 1. The fourth-order valence-corrected chi connectivity index (χ4v) is 3.85. The lowest BCUT2D eigenvalue weighted by molar-refractivity contribution is 0.227. The molecule has 6 heteroatoms. The van der Waals surface area contributed by atoms with Gasteiger partial charge in [0.15, 0.2) is 11.4 Å². The number of furan rings is 1. The number of rotatable bonds is 5. The van der Waals surface area contributed by atoms with Crippen LogP contribution in [-0.2, 0) is 0 Å². The Morgan fingerprint density at radius 3 is 3.00 bits per heavy atom. The molecule has 1 aromatic carbocycles. The number of para-hydroxylation sites is 1. The summed E-state index contributed by atoms with van der Waals surface area (Å²) in [7, 11) is 2.19. The van der Waals surface area contributed by atoms with Crippen molar-refractivity contribution in [2.45, 2.75) is 25.3 Å². The number of fused-ring (bicyclic) bond motifs is 2. The molecule has 0 saturated carbocycles. The number of aromatic nitrogens is 3. The zero-order chi connectivity index (χ0) is 18.2. The molecule has 0 bridgehead atoms. The quantitative estimate of drug-likeness (QED) is 0.537. The molecular formula is C21H22N4O2. The molecule has 0 aliphatic carbocycles. The first-order valence-corrected chi connectivity index (χ1v) is 9.45. The minimum atomic E-state index is 0.610. The van der Waals surface area contributed by atoms with E-state index in [-0.39, 0.29) is 0 Å². The summed E-state index contributed by atoms with van der Waals surface area (Å²) in [6, 6.07) is 14.4. The van der Waals surface area contributed by atoms with Gasteiger partial charge in [-0.2, -0.15) is 0 Å². The monoisotopic (exact) mass is 362 g/mol. The van der Waals surface area contributed by atoms with Crippen LogP contribution in [0.15, 0.2) is 53.1 Å². The van der Waals surface area contributed by atoms with E-state index in [4.69, 9.17) is 9.15 Å². The molecule has 1 atom stereocenters. The van der Waals surface area contributed by atoms with E-state index in [1.54, 1.807) is 10.7 Å².